The predicted octanol–water partition coefficient (Wildman–Crippen LogP) is 0.578. The molecule has 0 aromatic rings. The largest absolute Gasteiger partial charge is 0.473 e. The van der Waals surface area contributed by atoms with E-state index < -0.39 is 11.9 Å². The van der Waals surface area contributed by atoms with Crippen LogP contribution in [0.15, 0.2) is 0 Å². The van der Waals surface area contributed by atoms with E-state index in [9.17, 15) is 0 Å². The highest BCUT2D eigenvalue weighted by atomic mass is 32.2. The lowest BCUT2D eigenvalue weighted by molar-refractivity contribution is -0.159. The molecule has 0 aromatic carbocycles. The maximum absolute atomic E-state index is 9.10. The van der Waals surface area contributed by atoms with Crippen molar-refractivity contribution in [3.63, 3.8) is 0 Å². The lowest BCUT2D eigenvalue weighted by Crippen LogP contribution is -2.23. The standard InChI is InChI=1S/2C5H11NS.C2H2O4/c2*1-6-5-2-3-7-4-5;3-1(4)2(5)6/h2*5-6H,2-4H2,1H3;(H,3,4)(H,5,6). The van der Waals surface area contributed by atoms with Crippen molar-refractivity contribution < 1.29 is 19.8 Å². The van der Waals surface area contributed by atoms with Gasteiger partial charge in [0.25, 0.3) is 0 Å². The Bertz CT molecular complexity index is 253. The van der Waals surface area contributed by atoms with Crippen LogP contribution in [0.5, 0.6) is 0 Å². The van der Waals surface area contributed by atoms with Crippen molar-refractivity contribution in [1.82, 2.24) is 10.6 Å². The SMILES string of the molecule is CNC1CCSC1.CNC1CCSC1.O=C(O)C(=O)O. The van der Waals surface area contributed by atoms with Gasteiger partial charge in [-0.05, 0) is 38.4 Å². The lowest BCUT2D eigenvalue weighted by atomic mass is 10.3. The Morgan fingerprint density at radius 1 is 0.900 bits per heavy atom. The number of aliphatic carboxylic acids is 2. The predicted molar refractivity (Wildman–Crippen MR) is 84.9 cm³/mol. The molecule has 0 spiro atoms. The number of carboxylic acid groups (broad SMARTS) is 2. The van der Waals surface area contributed by atoms with E-state index in [1.165, 1.54) is 35.9 Å². The molecule has 0 radical (unpaired) electrons. The van der Waals surface area contributed by atoms with Gasteiger partial charge in [0, 0.05) is 23.6 Å². The summed E-state index contributed by atoms with van der Waals surface area (Å²) < 4.78 is 0. The minimum atomic E-state index is -1.82. The normalized spacial score (nSPS) is 24.1. The molecule has 0 saturated carbocycles. The van der Waals surface area contributed by atoms with E-state index in [4.69, 9.17) is 19.8 Å². The topological polar surface area (TPSA) is 98.7 Å². The van der Waals surface area contributed by atoms with Crippen LogP contribution < -0.4 is 10.6 Å². The summed E-state index contributed by atoms with van der Waals surface area (Å²) in [7, 11) is 4.08. The van der Waals surface area contributed by atoms with Crippen molar-refractivity contribution in [3.05, 3.63) is 0 Å². The Labute approximate surface area is 128 Å². The molecule has 2 saturated heterocycles. The molecule has 0 aromatic heterocycles. The van der Waals surface area contributed by atoms with Crippen LogP contribution in [0.2, 0.25) is 0 Å². The van der Waals surface area contributed by atoms with E-state index in [0.717, 1.165) is 12.1 Å². The first kappa shape index (κ1) is 19.6. The maximum Gasteiger partial charge on any atom is 0.414 e. The zero-order valence-corrected chi connectivity index (χ0v) is 13.6. The molecule has 20 heavy (non-hydrogen) atoms. The lowest BCUT2D eigenvalue weighted by Gasteiger charge is -2.02. The van der Waals surface area contributed by atoms with Gasteiger partial charge in [0.05, 0.1) is 0 Å². The van der Waals surface area contributed by atoms with Crippen molar-refractivity contribution in [3.8, 4) is 0 Å². The molecular weight excluding hydrogens is 300 g/mol. The van der Waals surface area contributed by atoms with Crippen molar-refractivity contribution in [2.45, 2.75) is 24.9 Å². The first-order chi connectivity index (χ1) is 9.51. The molecule has 8 heteroatoms. The summed E-state index contributed by atoms with van der Waals surface area (Å²) in [4.78, 5) is 18.2. The van der Waals surface area contributed by atoms with Crippen LogP contribution in [0.3, 0.4) is 0 Å². The van der Waals surface area contributed by atoms with E-state index in [2.05, 4.69) is 10.6 Å². The molecular formula is C12H24N2O4S2. The summed E-state index contributed by atoms with van der Waals surface area (Å²) in [6.07, 6.45) is 2.72. The maximum atomic E-state index is 9.10. The molecule has 2 fully saturated rings. The number of carbonyl (C=O) groups is 2. The molecule has 2 atom stereocenters. The number of carboxylic acids is 2. The zero-order chi connectivity index (χ0) is 15.4. The van der Waals surface area contributed by atoms with E-state index in [0.29, 0.717) is 0 Å². The number of hydrogen-bond donors (Lipinski definition) is 4. The molecule has 2 heterocycles. The first-order valence-electron chi connectivity index (χ1n) is 6.47. The summed E-state index contributed by atoms with van der Waals surface area (Å²) >= 11 is 4.09. The monoisotopic (exact) mass is 324 g/mol. The Morgan fingerprint density at radius 2 is 1.25 bits per heavy atom. The van der Waals surface area contributed by atoms with E-state index in [1.807, 2.05) is 37.6 Å². The van der Waals surface area contributed by atoms with Gasteiger partial charge >= 0.3 is 11.9 Å². The number of hydrogen-bond acceptors (Lipinski definition) is 6. The van der Waals surface area contributed by atoms with Crippen molar-refractivity contribution >= 4 is 35.5 Å². The average molecular weight is 324 g/mol. The molecule has 0 bridgehead atoms. The average Bonchev–Trinajstić information content (AvgIpc) is 3.13. The fraction of sp³-hybridized carbons (Fsp3) is 0.833. The minimum absolute atomic E-state index is 0.810. The third-order valence-corrected chi connectivity index (χ3v) is 5.18. The number of rotatable bonds is 2. The summed E-state index contributed by atoms with van der Waals surface area (Å²) in [6.45, 7) is 0. The van der Waals surface area contributed by atoms with Crippen LogP contribution >= 0.6 is 23.5 Å². The molecule has 2 aliphatic rings. The fourth-order valence-electron chi connectivity index (χ4n) is 1.52. The minimum Gasteiger partial charge on any atom is -0.473 e. The molecule has 6 nitrogen and oxygen atoms in total. The summed E-state index contributed by atoms with van der Waals surface area (Å²) in [5.41, 5.74) is 0. The van der Waals surface area contributed by atoms with Crippen molar-refractivity contribution in [2.75, 3.05) is 37.1 Å². The van der Waals surface area contributed by atoms with Gasteiger partial charge in [-0.25, -0.2) is 9.59 Å². The molecule has 2 aliphatic heterocycles. The molecule has 2 rings (SSSR count). The zero-order valence-electron chi connectivity index (χ0n) is 11.9. The summed E-state index contributed by atoms with van der Waals surface area (Å²) in [6, 6.07) is 1.62. The second-order valence-electron chi connectivity index (χ2n) is 4.31. The molecule has 2 unspecified atom stereocenters. The molecule has 118 valence electrons. The summed E-state index contributed by atoms with van der Waals surface area (Å²) in [5, 5.41) is 21.3. The van der Waals surface area contributed by atoms with Crippen LogP contribution in [-0.4, -0.2) is 71.3 Å². The van der Waals surface area contributed by atoms with Gasteiger partial charge in [-0.1, -0.05) is 0 Å². The van der Waals surface area contributed by atoms with Crippen LogP contribution in [0.1, 0.15) is 12.8 Å². The smallest absolute Gasteiger partial charge is 0.414 e. The molecule has 0 aliphatic carbocycles. The quantitative estimate of drug-likeness (QED) is 0.548. The highest BCUT2D eigenvalue weighted by Gasteiger charge is 2.11. The van der Waals surface area contributed by atoms with E-state index in [1.54, 1.807) is 0 Å². The first-order valence-corrected chi connectivity index (χ1v) is 8.78. The number of thioether (sulfide) groups is 2. The third kappa shape index (κ3) is 10.4. The van der Waals surface area contributed by atoms with Gasteiger partial charge in [0.2, 0.25) is 0 Å². The van der Waals surface area contributed by atoms with Crippen LogP contribution in [0, 0.1) is 0 Å². The van der Waals surface area contributed by atoms with Gasteiger partial charge in [-0.15, -0.1) is 0 Å². The Kier molecular flexibility index (Phi) is 12.0. The second kappa shape index (κ2) is 12.3. The molecule has 0 amide bonds. The Morgan fingerprint density at radius 3 is 1.35 bits per heavy atom. The van der Waals surface area contributed by atoms with Gasteiger partial charge in [0.15, 0.2) is 0 Å². The van der Waals surface area contributed by atoms with Crippen LogP contribution in [0.25, 0.3) is 0 Å². The van der Waals surface area contributed by atoms with Crippen molar-refractivity contribution in [1.29, 1.82) is 0 Å². The van der Waals surface area contributed by atoms with Gasteiger partial charge in [-0.3, -0.25) is 0 Å². The third-order valence-electron chi connectivity index (χ3n) is 2.86. The Balaban J connectivity index is 0.000000272. The molecule has 4 N–H and O–H groups in total. The van der Waals surface area contributed by atoms with E-state index >= 15 is 0 Å². The second-order valence-corrected chi connectivity index (χ2v) is 6.61. The van der Waals surface area contributed by atoms with E-state index in [-0.39, 0.29) is 0 Å². The van der Waals surface area contributed by atoms with Crippen LogP contribution in [0.4, 0.5) is 0 Å². The van der Waals surface area contributed by atoms with Crippen molar-refractivity contribution in [2.24, 2.45) is 0 Å². The highest BCUT2D eigenvalue weighted by Crippen LogP contribution is 2.16. The van der Waals surface area contributed by atoms with Crippen LogP contribution in [-0.2, 0) is 9.59 Å². The van der Waals surface area contributed by atoms with Gasteiger partial charge in [0.1, 0.15) is 0 Å². The summed E-state index contributed by atoms with van der Waals surface area (Å²) in [5.74, 6) is 1.69. The highest BCUT2D eigenvalue weighted by molar-refractivity contribution is 7.99. The fourth-order valence-corrected chi connectivity index (χ4v) is 4.00. The van der Waals surface area contributed by atoms with Gasteiger partial charge in [-0.2, -0.15) is 23.5 Å². The number of nitrogens with one attached hydrogen (secondary N) is 2. The Hall–Kier alpha value is -0.440. The van der Waals surface area contributed by atoms with Gasteiger partial charge < -0.3 is 20.8 Å².